The molecule has 8 heteroatoms. The molecule has 2 heterocycles. The van der Waals surface area contributed by atoms with E-state index in [9.17, 15) is 9.59 Å². The molecule has 0 aliphatic carbocycles. The molecule has 2 rings (SSSR count). The third-order valence-electron chi connectivity index (χ3n) is 3.58. The number of likely N-dealkylation sites (N-methyl/N-ethyl adjacent to an activating group) is 1. The van der Waals surface area contributed by atoms with Crippen LogP contribution in [0, 0.1) is 6.92 Å². The van der Waals surface area contributed by atoms with Gasteiger partial charge in [-0.3, -0.25) is 14.3 Å². The van der Waals surface area contributed by atoms with Gasteiger partial charge in [-0.05, 0) is 32.9 Å². The Bertz CT molecular complexity index is 744. The van der Waals surface area contributed by atoms with E-state index in [-0.39, 0.29) is 5.15 Å². The summed E-state index contributed by atoms with van der Waals surface area (Å²) in [5, 5.41) is 7.14. The molecule has 2 aromatic heterocycles. The second kappa shape index (κ2) is 7.92. The first kappa shape index (κ1) is 17.9. The summed E-state index contributed by atoms with van der Waals surface area (Å²) in [4.78, 5) is 29.9. The van der Waals surface area contributed by atoms with Gasteiger partial charge in [0.1, 0.15) is 5.15 Å². The van der Waals surface area contributed by atoms with E-state index in [1.54, 1.807) is 6.07 Å². The fourth-order valence-corrected chi connectivity index (χ4v) is 2.39. The van der Waals surface area contributed by atoms with Crippen LogP contribution in [0.15, 0.2) is 24.5 Å². The molecule has 0 aliphatic rings. The fraction of sp³-hybridized carbons (Fsp3) is 0.375. The lowest BCUT2D eigenvalue weighted by Gasteiger charge is -2.20. The van der Waals surface area contributed by atoms with Crippen LogP contribution in [0.1, 0.15) is 25.1 Å². The monoisotopic (exact) mass is 349 g/mol. The molecule has 0 spiro atoms. The highest BCUT2D eigenvalue weighted by atomic mass is 35.5. The first-order valence-electron chi connectivity index (χ1n) is 7.69. The lowest BCUT2D eigenvalue weighted by Crippen LogP contribution is -2.39. The number of hydrogen-bond donors (Lipinski definition) is 1. The van der Waals surface area contributed by atoms with Crippen molar-refractivity contribution in [3.63, 3.8) is 0 Å². The number of aryl methyl sites for hydroxylation is 2. The second-order valence-corrected chi connectivity index (χ2v) is 5.62. The summed E-state index contributed by atoms with van der Waals surface area (Å²) < 4.78 is 1.81. The van der Waals surface area contributed by atoms with E-state index >= 15 is 0 Å². The van der Waals surface area contributed by atoms with E-state index in [4.69, 9.17) is 11.6 Å². The number of carbonyl (C=O) groups is 2. The van der Waals surface area contributed by atoms with Crippen LogP contribution in [0.3, 0.4) is 0 Å². The van der Waals surface area contributed by atoms with Gasteiger partial charge in [-0.1, -0.05) is 11.6 Å². The number of carbonyl (C=O) groups excluding carboxylic acids is 2. The number of amides is 2. The maximum absolute atomic E-state index is 12.4. The molecular weight excluding hydrogens is 330 g/mol. The summed E-state index contributed by atoms with van der Waals surface area (Å²) in [6.45, 7) is 7.22. The van der Waals surface area contributed by atoms with Crippen molar-refractivity contribution in [1.82, 2.24) is 19.7 Å². The summed E-state index contributed by atoms with van der Waals surface area (Å²) in [7, 11) is 0. The molecule has 0 aliphatic heterocycles. The van der Waals surface area contributed by atoms with Crippen molar-refractivity contribution in [3.05, 3.63) is 40.9 Å². The first-order chi connectivity index (χ1) is 11.4. The maximum Gasteiger partial charge on any atom is 0.313 e. The van der Waals surface area contributed by atoms with Gasteiger partial charge in [0.25, 0.3) is 0 Å². The molecule has 0 bridgehead atoms. The molecule has 0 saturated carbocycles. The van der Waals surface area contributed by atoms with Crippen molar-refractivity contribution in [2.75, 3.05) is 11.9 Å². The van der Waals surface area contributed by atoms with Crippen molar-refractivity contribution in [3.8, 4) is 0 Å². The Morgan fingerprint density at radius 1 is 1.38 bits per heavy atom. The minimum Gasteiger partial charge on any atom is -0.330 e. The van der Waals surface area contributed by atoms with Crippen LogP contribution < -0.4 is 5.32 Å². The summed E-state index contributed by atoms with van der Waals surface area (Å²) in [5.41, 5.74) is 2.20. The first-order valence-corrected chi connectivity index (χ1v) is 8.07. The highest BCUT2D eigenvalue weighted by molar-refractivity contribution is 6.39. The van der Waals surface area contributed by atoms with Gasteiger partial charge in [-0.2, -0.15) is 5.10 Å². The Kier molecular flexibility index (Phi) is 5.92. The van der Waals surface area contributed by atoms with Crippen molar-refractivity contribution in [1.29, 1.82) is 0 Å². The highest BCUT2D eigenvalue weighted by Crippen LogP contribution is 2.13. The molecule has 128 valence electrons. The molecule has 0 atom stereocenters. The maximum atomic E-state index is 12.4. The summed E-state index contributed by atoms with van der Waals surface area (Å²) in [6, 6.07) is 3.06. The van der Waals surface area contributed by atoms with Crippen molar-refractivity contribution in [2.24, 2.45) is 0 Å². The predicted octanol–water partition coefficient (Wildman–Crippen LogP) is 2.25. The zero-order valence-electron chi connectivity index (χ0n) is 13.9. The number of aromatic nitrogens is 3. The summed E-state index contributed by atoms with van der Waals surface area (Å²) >= 11 is 5.77. The quantitative estimate of drug-likeness (QED) is 0.663. The molecule has 0 radical (unpaired) electrons. The Hall–Kier alpha value is -2.41. The number of rotatable bonds is 5. The normalized spacial score (nSPS) is 10.5. The van der Waals surface area contributed by atoms with Crippen LogP contribution in [-0.2, 0) is 22.7 Å². The molecule has 0 saturated heterocycles. The Morgan fingerprint density at radius 3 is 2.71 bits per heavy atom. The van der Waals surface area contributed by atoms with Crippen LogP contribution in [0.2, 0.25) is 5.15 Å². The summed E-state index contributed by atoms with van der Waals surface area (Å²) in [6.07, 6.45) is 3.36. The number of hydrogen-bond acceptors (Lipinski definition) is 4. The van der Waals surface area contributed by atoms with Crippen LogP contribution >= 0.6 is 11.6 Å². The number of nitrogens with one attached hydrogen (secondary N) is 1. The number of halogens is 1. The minimum absolute atomic E-state index is 0.246. The van der Waals surface area contributed by atoms with Gasteiger partial charge in [0.05, 0.1) is 5.69 Å². The highest BCUT2D eigenvalue weighted by Gasteiger charge is 2.22. The average Bonchev–Trinajstić information content (AvgIpc) is 2.92. The van der Waals surface area contributed by atoms with Gasteiger partial charge in [0.2, 0.25) is 0 Å². The van der Waals surface area contributed by atoms with Gasteiger partial charge in [0.15, 0.2) is 0 Å². The molecule has 2 aromatic rings. The van der Waals surface area contributed by atoms with E-state index in [2.05, 4.69) is 15.4 Å². The van der Waals surface area contributed by atoms with E-state index in [1.807, 2.05) is 31.6 Å². The second-order valence-electron chi connectivity index (χ2n) is 5.24. The van der Waals surface area contributed by atoms with E-state index in [0.717, 1.165) is 17.8 Å². The molecule has 1 N–H and O–H groups in total. The van der Waals surface area contributed by atoms with Gasteiger partial charge in [-0.15, -0.1) is 0 Å². The Morgan fingerprint density at radius 2 is 2.12 bits per heavy atom. The average molecular weight is 350 g/mol. The predicted molar refractivity (Wildman–Crippen MR) is 91.6 cm³/mol. The van der Waals surface area contributed by atoms with Crippen molar-refractivity contribution >= 4 is 29.1 Å². The molecule has 0 unspecified atom stereocenters. The van der Waals surface area contributed by atoms with Gasteiger partial charge >= 0.3 is 11.8 Å². The zero-order chi connectivity index (χ0) is 17.7. The van der Waals surface area contributed by atoms with Crippen LogP contribution in [0.5, 0.6) is 0 Å². The zero-order valence-corrected chi connectivity index (χ0v) is 14.7. The van der Waals surface area contributed by atoms with Gasteiger partial charge in [-0.25, -0.2) is 4.98 Å². The molecule has 0 aromatic carbocycles. The molecule has 0 fully saturated rings. The SMILES string of the molecule is CCN(Cc1cn(CC)nc1C)C(=O)C(=O)Nc1ccnc(Cl)c1. The molecular formula is C16H20ClN5O2. The molecule has 2 amide bonds. The van der Waals surface area contributed by atoms with E-state index < -0.39 is 11.8 Å². The van der Waals surface area contributed by atoms with Gasteiger partial charge < -0.3 is 10.2 Å². The van der Waals surface area contributed by atoms with Gasteiger partial charge in [0, 0.05) is 43.3 Å². The number of pyridine rings is 1. The molecule has 7 nitrogen and oxygen atoms in total. The smallest absolute Gasteiger partial charge is 0.313 e. The van der Waals surface area contributed by atoms with Crippen LogP contribution in [0.25, 0.3) is 0 Å². The van der Waals surface area contributed by atoms with Crippen molar-refractivity contribution in [2.45, 2.75) is 33.9 Å². The largest absolute Gasteiger partial charge is 0.330 e. The van der Waals surface area contributed by atoms with Crippen LogP contribution in [0.4, 0.5) is 5.69 Å². The number of anilines is 1. The number of nitrogens with zero attached hydrogens (tertiary/aromatic N) is 4. The van der Waals surface area contributed by atoms with E-state index in [1.165, 1.54) is 17.2 Å². The molecule has 24 heavy (non-hydrogen) atoms. The van der Waals surface area contributed by atoms with Crippen LogP contribution in [-0.4, -0.2) is 38.0 Å². The lowest BCUT2D eigenvalue weighted by atomic mass is 10.2. The minimum atomic E-state index is -0.709. The standard InChI is InChI=1S/C16H20ClN5O2/c1-4-21(9-12-10-22(5-2)20-11(12)3)16(24)15(23)19-13-6-7-18-14(17)8-13/h6-8,10H,4-5,9H2,1-3H3,(H,18,19,23). The lowest BCUT2D eigenvalue weighted by molar-refractivity contribution is -0.143. The van der Waals surface area contributed by atoms with E-state index in [0.29, 0.717) is 18.8 Å². The van der Waals surface area contributed by atoms with Crippen molar-refractivity contribution < 1.29 is 9.59 Å². The summed E-state index contributed by atoms with van der Waals surface area (Å²) in [5.74, 6) is -1.31. The fourth-order valence-electron chi connectivity index (χ4n) is 2.22. The third kappa shape index (κ3) is 4.32. The third-order valence-corrected chi connectivity index (χ3v) is 3.79. The Labute approximate surface area is 145 Å². The topological polar surface area (TPSA) is 80.1 Å². The Balaban J connectivity index is 2.07.